The van der Waals surface area contributed by atoms with Gasteiger partial charge in [-0.25, -0.2) is 0 Å². The summed E-state index contributed by atoms with van der Waals surface area (Å²) in [7, 11) is 0. The monoisotopic (exact) mass is 354 g/mol. The maximum absolute atomic E-state index is 12.1. The predicted molar refractivity (Wildman–Crippen MR) is 99.5 cm³/mol. The van der Waals surface area contributed by atoms with E-state index in [0.29, 0.717) is 25.4 Å². The Hall–Kier alpha value is -2.24. The number of esters is 1. The van der Waals surface area contributed by atoms with Crippen LogP contribution in [0.1, 0.15) is 31.0 Å². The first-order valence-corrected chi connectivity index (χ1v) is 9.22. The quantitative estimate of drug-likeness (QED) is 0.808. The van der Waals surface area contributed by atoms with Gasteiger partial charge in [0.05, 0.1) is 18.2 Å². The normalized spacial score (nSPS) is 20.3. The fourth-order valence-electron chi connectivity index (χ4n) is 3.62. The molecular formula is C21H26N2O3. The predicted octanol–water partition coefficient (Wildman–Crippen LogP) is 2.59. The molecule has 1 N–H and O–H groups in total. The number of piperidine rings is 1. The first kappa shape index (κ1) is 18.5. The van der Waals surface area contributed by atoms with Crippen LogP contribution in [0.2, 0.25) is 0 Å². The van der Waals surface area contributed by atoms with Crippen molar-refractivity contribution in [2.24, 2.45) is 5.92 Å². The molecule has 26 heavy (non-hydrogen) atoms. The number of hydrogen-bond donors (Lipinski definition) is 1. The molecule has 1 saturated heterocycles. The molecule has 1 aromatic heterocycles. The van der Waals surface area contributed by atoms with Gasteiger partial charge in [0.2, 0.25) is 0 Å². The van der Waals surface area contributed by atoms with Gasteiger partial charge in [0.1, 0.15) is 5.60 Å². The Morgan fingerprint density at radius 3 is 2.73 bits per heavy atom. The van der Waals surface area contributed by atoms with Gasteiger partial charge >= 0.3 is 5.97 Å². The lowest BCUT2D eigenvalue weighted by molar-refractivity contribution is -0.150. The Bertz CT molecular complexity index is 666. The van der Waals surface area contributed by atoms with E-state index in [4.69, 9.17) is 4.74 Å². The van der Waals surface area contributed by atoms with E-state index in [-0.39, 0.29) is 11.9 Å². The van der Waals surface area contributed by atoms with Crippen LogP contribution in [-0.4, -0.2) is 47.2 Å². The molecule has 0 spiro atoms. The molecule has 1 aromatic carbocycles. The highest BCUT2D eigenvalue weighted by atomic mass is 16.5. The van der Waals surface area contributed by atoms with Crippen LogP contribution in [0.4, 0.5) is 0 Å². The van der Waals surface area contributed by atoms with Crippen molar-refractivity contribution in [1.82, 2.24) is 9.88 Å². The van der Waals surface area contributed by atoms with Crippen LogP contribution in [0.5, 0.6) is 0 Å². The summed E-state index contributed by atoms with van der Waals surface area (Å²) in [4.78, 5) is 18.7. The molecule has 0 amide bonds. The van der Waals surface area contributed by atoms with E-state index in [1.165, 1.54) is 0 Å². The Balaban J connectivity index is 1.84. The molecule has 1 aliphatic heterocycles. The van der Waals surface area contributed by atoms with Gasteiger partial charge < -0.3 is 9.84 Å². The zero-order chi connectivity index (χ0) is 18.4. The molecular weight excluding hydrogens is 328 g/mol. The number of aromatic nitrogens is 1. The van der Waals surface area contributed by atoms with Crippen molar-refractivity contribution in [3.05, 3.63) is 66.0 Å². The van der Waals surface area contributed by atoms with Crippen molar-refractivity contribution >= 4 is 5.97 Å². The molecule has 5 nitrogen and oxygen atoms in total. The Morgan fingerprint density at radius 1 is 1.27 bits per heavy atom. The molecule has 2 heterocycles. The fourth-order valence-corrected chi connectivity index (χ4v) is 3.62. The van der Waals surface area contributed by atoms with E-state index >= 15 is 0 Å². The van der Waals surface area contributed by atoms with Crippen molar-refractivity contribution in [2.75, 3.05) is 26.2 Å². The highest BCUT2D eigenvalue weighted by molar-refractivity contribution is 5.72. The summed E-state index contributed by atoms with van der Waals surface area (Å²) < 4.78 is 5.19. The molecule has 1 fully saturated rings. The highest BCUT2D eigenvalue weighted by Crippen LogP contribution is 2.31. The number of aliphatic hydroxyl groups is 1. The Morgan fingerprint density at radius 2 is 2.04 bits per heavy atom. The molecule has 1 unspecified atom stereocenters. The molecule has 0 radical (unpaired) electrons. The topological polar surface area (TPSA) is 62.7 Å². The second-order valence-electron chi connectivity index (χ2n) is 6.77. The van der Waals surface area contributed by atoms with E-state index in [9.17, 15) is 9.90 Å². The van der Waals surface area contributed by atoms with E-state index in [1.807, 2.05) is 55.5 Å². The third-order valence-electron chi connectivity index (χ3n) is 4.92. The average Bonchev–Trinajstić information content (AvgIpc) is 2.69. The van der Waals surface area contributed by atoms with Crippen molar-refractivity contribution in [2.45, 2.75) is 25.4 Å². The van der Waals surface area contributed by atoms with E-state index < -0.39 is 5.60 Å². The standard InChI is InChI=1S/C21H26N2O3/c1-2-26-20(24)17-9-8-14-23(15-17)16-21(25,18-10-4-3-5-11-18)19-12-6-7-13-22-19/h3-7,10-13,17,25H,2,8-9,14-16H2,1H3/t17-,21?/m0/s1. The average molecular weight is 354 g/mol. The summed E-state index contributed by atoms with van der Waals surface area (Å²) in [5.41, 5.74) is 0.195. The van der Waals surface area contributed by atoms with Gasteiger partial charge in [-0.1, -0.05) is 36.4 Å². The number of β-amino-alcohol motifs (C(OH)–C–C–N with tert-alkyl or cyclic N) is 1. The summed E-state index contributed by atoms with van der Waals surface area (Å²) >= 11 is 0. The smallest absolute Gasteiger partial charge is 0.310 e. The maximum Gasteiger partial charge on any atom is 0.310 e. The van der Waals surface area contributed by atoms with Crippen molar-refractivity contribution in [3.8, 4) is 0 Å². The van der Waals surface area contributed by atoms with Gasteiger partial charge in [0.15, 0.2) is 0 Å². The second kappa shape index (κ2) is 8.43. The molecule has 2 aromatic rings. The lowest BCUT2D eigenvalue weighted by atomic mass is 9.87. The largest absolute Gasteiger partial charge is 0.466 e. The van der Waals surface area contributed by atoms with Crippen LogP contribution in [0.3, 0.4) is 0 Å². The van der Waals surface area contributed by atoms with E-state index in [1.54, 1.807) is 6.20 Å². The maximum atomic E-state index is 12.1. The number of rotatable bonds is 6. The summed E-state index contributed by atoms with van der Waals surface area (Å²) in [5, 5.41) is 11.6. The van der Waals surface area contributed by atoms with Crippen molar-refractivity contribution in [3.63, 3.8) is 0 Å². The summed E-state index contributed by atoms with van der Waals surface area (Å²) in [5.74, 6) is -0.272. The van der Waals surface area contributed by atoms with Gasteiger partial charge in [-0.2, -0.15) is 0 Å². The number of nitrogens with zero attached hydrogens (tertiary/aromatic N) is 2. The summed E-state index contributed by atoms with van der Waals surface area (Å²) in [6.45, 7) is 4.06. The first-order valence-electron chi connectivity index (χ1n) is 9.22. The zero-order valence-electron chi connectivity index (χ0n) is 15.2. The van der Waals surface area contributed by atoms with Crippen LogP contribution >= 0.6 is 0 Å². The van der Waals surface area contributed by atoms with E-state index in [2.05, 4.69) is 9.88 Å². The number of benzene rings is 1. The SMILES string of the molecule is CCOC(=O)[C@H]1CCCN(CC(O)(c2ccccc2)c2ccccn2)C1. The summed E-state index contributed by atoms with van der Waals surface area (Å²) in [6, 6.07) is 15.2. The third-order valence-corrected chi connectivity index (χ3v) is 4.92. The van der Waals surface area contributed by atoms with Gasteiger partial charge in [-0.05, 0) is 44.0 Å². The lowest BCUT2D eigenvalue weighted by Crippen LogP contribution is -2.47. The first-order chi connectivity index (χ1) is 12.6. The van der Waals surface area contributed by atoms with Gasteiger partial charge in [0, 0.05) is 19.3 Å². The Labute approximate surface area is 154 Å². The minimum absolute atomic E-state index is 0.132. The zero-order valence-corrected chi connectivity index (χ0v) is 15.2. The molecule has 5 heteroatoms. The third kappa shape index (κ3) is 4.11. The lowest BCUT2D eigenvalue weighted by Gasteiger charge is -2.38. The van der Waals surface area contributed by atoms with Crippen LogP contribution < -0.4 is 0 Å². The minimum Gasteiger partial charge on any atom is -0.466 e. The van der Waals surface area contributed by atoms with Crippen LogP contribution in [0.15, 0.2) is 54.7 Å². The van der Waals surface area contributed by atoms with Crippen LogP contribution in [0, 0.1) is 5.92 Å². The van der Waals surface area contributed by atoms with Crippen molar-refractivity contribution in [1.29, 1.82) is 0 Å². The molecule has 1 aliphatic rings. The molecule has 2 atom stereocenters. The molecule has 0 saturated carbocycles. The minimum atomic E-state index is -1.22. The second-order valence-corrected chi connectivity index (χ2v) is 6.77. The molecule has 0 bridgehead atoms. The van der Waals surface area contributed by atoms with Crippen LogP contribution in [0.25, 0.3) is 0 Å². The number of pyridine rings is 1. The summed E-state index contributed by atoms with van der Waals surface area (Å²) in [6.07, 6.45) is 3.44. The highest BCUT2D eigenvalue weighted by Gasteiger charge is 2.37. The molecule has 0 aliphatic carbocycles. The van der Waals surface area contributed by atoms with Crippen LogP contribution in [-0.2, 0) is 15.1 Å². The number of ether oxygens (including phenoxy) is 1. The molecule has 3 rings (SSSR count). The van der Waals surface area contributed by atoms with E-state index in [0.717, 1.165) is 24.9 Å². The van der Waals surface area contributed by atoms with Gasteiger partial charge in [-0.15, -0.1) is 0 Å². The molecule has 138 valence electrons. The van der Waals surface area contributed by atoms with Gasteiger partial charge in [-0.3, -0.25) is 14.7 Å². The number of hydrogen-bond acceptors (Lipinski definition) is 5. The number of carbonyl (C=O) groups excluding carboxylic acids is 1. The Kier molecular flexibility index (Phi) is 6.01. The van der Waals surface area contributed by atoms with Crippen molar-refractivity contribution < 1.29 is 14.6 Å². The van der Waals surface area contributed by atoms with Gasteiger partial charge in [0.25, 0.3) is 0 Å². The number of carbonyl (C=O) groups is 1. The number of likely N-dealkylation sites (tertiary alicyclic amines) is 1. The fraction of sp³-hybridized carbons (Fsp3) is 0.429.